The van der Waals surface area contributed by atoms with Gasteiger partial charge in [0.05, 0.1) is 10.0 Å². The number of nitrogens with one attached hydrogen (secondary N) is 1. The lowest BCUT2D eigenvalue weighted by Crippen LogP contribution is -2.25. The van der Waals surface area contributed by atoms with E-state index in [2.05, 4.69) is 5.32 Å². The third-order valence-electron chi connectivity index (χ3n) is 1.62. The second kappa shape index (κ2) is 5.20. The van der Waals surface area contributed by atoms with Crippen LogP contribution in [-0.2, 0) is 11.3 Å². The van der Waals surface area contributed by atoms with Gasteiger partial charge in [0.15, 0.2) is 0 Å². The van der Waals surface area contributed by atoms with Crippen LogP contribution in [0.3, 0.4) is 0 Å². The van der Waals surface area contributed by atoms with Gasteiger partial charge >= 0.3 is 0 Å². The van der Waals surface area contributed by atoms with Gasteiger partial charge in [-0.3, -0.25) is 4.79 Å². The highest BCUT2D eigenvalue weighted by Gasteiger charge is 2.01. The molecule has 0 aromatic heterocycles. The van der Waals surface area contributed by atoms with E-state index in [0.29, 0.717) is 16.6 Å². The molecule has 0 fully saturated rings. The molecule has 0 heterocycles. The fourth-order valence-electron chi connectivity index (χ4n) is 0.906. The van der Waals surface area contributed by atoms with Crippen LogP contribution in [0.25, 0.3) is 0 Å². The number of carbonyl (C=O) groups excluding carboxylic acids is 1. The number of amides is 1. The fraction of sp³-hybridized carbons (Fsp3) is 0.222. The van der Waals surface area contributed by atoms with Gasteiger partial charge in [-0.15, -0.1) is 0 Å². The zero-order valence-electron chi connectivity index (χ0n) is 7.26. The minimum Gasteiger partial charge on any atom is -0.387 e. The summed E-state index contributed by atoms with van der Waals surface area (Å²) in [6, 6.07) is 5.08. The number of hydrogen-bond donors (Lipinski definition) is 2. The second-order valence-electron chi connectivity index (χ2n) is 2.68. The Balaban J connectivity index is 2.60. The molecule has 1 aromatic rings. The van der Waals surface area contributed by atoms with Crippen molar-refractivity contribution in [3.8, 4) is 0 Å². The van der Waals surface area contributed by atoms with E-state index in [0.717, 1.165) is 5.56 Å². The fourth-order valence-corrected chi connectivity index (χ4v) is 1.23. The Morgan fingerprint density at radius 2 is 2.07 bits per heavy atom. The van der Waals surface area contributed by atoms with Gasteiger partial charge in [0, 0.05) is 6.54 Å². The van der Waals surface area contributed by atoms with Crippen LogP contribution in [0.1, 0.15) is 5.56 Å². The lowest BCUT2D eigenvalue weighted by atomic mass is 10.2. The molecule has 1 amide bonds. The molecule has 0 aliphatic rings. The zero-order chi connectivity index (χ0) is 10.6. The molecule has 14 heavy (non-hydrogen) atoms. The van der Waals surface area contributed by atoms with Gasteiger partial charge in [0.1, 0.15) is 6.61 Å². The van der Waals surface area contributed by atoms with E-state index < -0.39 is 12.5 Å². The maximum Gasteiger partial charge on any atom is 0.245 e. The Kier molecular flexibility index (Phi) is 4.20. The summed E-state index contributed by atoms with van der Waals surface area (Å²) in [6.07, 6.45) is 0. The maximum absolute atomic E-state index is 10.7. The molecule has 0 spiro atoms. The highest BCUT2D eigenvalue weighted by molar-refractivity contribution is 6.42. The predicted molar refractivity (Wildman–Crippen MR) is 55.4 cm³/mol. The molecule has 2 N–H and O–H groups in total. The van der Waals surface area contributed by atoms with Gasteiger partial charge in [-0.05, 0) is 17.7 Å². The highest BCUT2D eigenvalue weighted by atomic mass is 35.5. The Labute approximate surface area is 91.6 Å². The highest BCUT2D eigenvalue weighted by Crippen LogP contribution is 2.22. The van der Waals surface area contributed by atoms with Crippen LogP contribution in [0.15, 0.2) is 18.2 Å². The minimum absolute atomic E-state index is 0.330. The SMILES string of the molecule is O=C(CO)NCc1ccc(Cl)c(Cl)c1. The molecule has 5 heteroatoms. The lowest BCUT2D eigenvalue weighted by molar-refractivity contribution is -0.123. The van der Waals surface area contributed by atoms with Crippen LogP contribution in [0.2, 0.25) is 10.0 Å². The van der Waals surface area contributed by atoms with Crippen molar-refractivity contribution >= 4 is 29.1 Å². The number of aliphatic hydroxyl groups excluding tert-OH is 1. The van der Waals surface area contributed by atoms with Crippen molar-refractivity contribution in [2.24, 2.45) is 0 Å². The number of hydrogen-bond acceptors (Lipinski definition) is 2. The van der Waals surface area contributed by atoms with Crippen LogP contribution >= 0.6 is 23.2 Å². The lowest BCUT2D eigenvalue weighted by Gasteiger charge is -2.04. The molecule has 0 bridgehead atoms. The summed E-state index contributed by atoms with van der Waals surface area (Å²) < 4.78 is 0. The first-order valence-electron chi connectivity index (χ1n) is 3.95. The third kappa shape index (κ3) is 3.18. The van der Waals surface area contributed by atoms with Crippen LogP contribution in [0.4, 0.5) is 0 Å². The second-order valence-corrected chi connectivity index (χ2v) is 3.50. The average Bonchev–Trinajstić information content (AvgIpc) is 2.19. The molecule has 0 saturated carbocycles. The van der Waals surface area contributed by atoms with Crippen LogP contribution < -0.4 is 5.32 Å². The molecule has 1 rings (SSSR count). The topological polar surface area (TPSA) is 49.3 Å². The maximum atomic E-state index is 10.7. The van der Waals surface area contributed by atoms with E-state index in [9.17, 15) is 4.79 Å². The van der Waals surface area contributed by atoms with Crippen molar-refractivity contribution in [1.82, 2.24) is 5.32 Å². The number of rotatable bonds is 3. The Hall–Kier alpha value is -0.770. The predicted octanol–water partition coefficient (Wildman–Crippen LogP) is 1.60. The van der Waals surface area contributed by atoms with Crippen molar-refractivity contribution in [1.29, 1.82) is 0 Å². The smallest absolute Gasteiger partial charge is 0.245 e. The Morgan fingerprint density at radius 1 is 1.36 bits per heavy atom. The summed E-state index contributed by atoms with van der Waals surface area (Å²) in [4.78, 5) is 10.7. The monoisotopic (exact) mass is 233 g/mol. The number of halogens is 2. The Morgan fingerprint density at radius 3 is 2.64 bits per heavy atom. The molecule has 76 valence electrons. The van der Waals surface area contributed by atoms with Gasteiger partial charge in [-0.25, -0.2) is 0 Å². The first kappa shape index (κ1) is 11.3. The normalized spacial score (nSPS) is 9.93. The summed E-state index contributed by atoms with van der Waals surface area (Å²) >= 11 is 11.5. The molecule has 0 aliphatic heterocycles. The molecule has 1 aromatic carbocycles. The third-order valence-corrected chi connectivity index (χ3v) is 2.36. The standard InChI is InChI=1S/C9H9Cl2NO2/c10-7-2-1-6(3-8(7)11)4-12-9(14)5-13/h1-3,13H,4-5H2,(H,12,14). The van der Waals surface area contributed by atoms with Crippen LogP contribution in [-0.4, -0.2) is 17.6 Å². The van der Waals surface area contributed by atoms with Crippen molar-refractivity contribution in [2.45, 2.75) is 6.54 Å². The summed E-state index contributed by atoms with van der Waals surface area (Å²) in [6.45, 7) is -0.183. The number of carbonyl (C=O) groups is 1. The molecular formula is C9H9Cl2NO2. The van der Waals surface area contributed by atoms with Crippen molar-refractivity contribution in [3.05, 3.63) is 33.8 Å². The van der Waals surface area contributed by atoms with E-state index in [1.165, 1.54) is 0 Å². The van der Waals surface area contributed by atoms with E-state index in [1.807, 2.05) is 0 Å². The molecule has 0 saturated heterocycles. The quantitative estimate of drug-likeness (QED) is 0.834. The molecular weight excluding hydrogens is 225 g/mol. The molecule has 0 unspecified atom stereocenters. The number of benzene rings is 1. The van der Waals surface area contributed by atoms with Gasteiger partial charge < -0.3 is 10.4 Å². The van der Waals surface area contributed by atoms with E-state index in [1.54, 1.807) is 18.2 Å². The summed E-state index contributed by atoms with van der Waals surface area (Å²) in [7, 11) is 0. The van der Waals surface area contributed by atoms with Crippen molar-refractivity contribution in [2.75, 3.05) is 6.61 Å². The van der Waals surface area contributed by atoms with E-state index in [-0.39, 0.29) is 0 Å². The van der Waals surface area contributed by atoms with Gasteiger partial charge in [-0.1, -0.05) is 29.3 Å². The first-order chi connectivity index (χ1) is 6.63. The molecule has 0 radical (unpaired) electrons. The van der Waals surface area contributed by atoms with E-state index in [4.69, 9.17) is 28.3 Å². The minimum atomic E-state index is -0.513. The molecule has 0 atom stereocenters. The van der Waals surface area contributed by atoms with Gasteiger partial charge in [0.25, 0.3) is 0 Å². The van der Waals surface area contributed by atoms with E-state index >= 15 is 0 Å². The summed E-state index contributed by atoms with van der Waals surface area (Å²) in [5, 5.41) is 11.9. The van der Waals surface area contributed by atoms with Crippen molar-refractivity contribution < 1.29 is 9.90 Å². The van der Waals surface area contributed by atoms with Crippen LogP contribution in [0.5, 0.6) is 0 Å². The summed E-state index contributed by atoms with van der Waals surface area (Å²) in [5.74, 6) is -0.420. The Bertz CT molecular complexity index is 342. The summed E-state index contributed by atoms with van der Waals surface area (Å²) in [5.41, 5.74) is 0.834. The first-order valence-corrected chi connectivity index (χ1v) is 4.70. The molecule has 3 nitrogen and oxygen atoms in total. The number of aliphatic hydroxyl groups is 1. The van der Waals surface area contributed by atoms with Crippen LogP contribution in [0, 0.1) is 0 Å². The van der Waals surface area contributed by atoms with Gasteiger partial charge in [-0.2, -0.15) is 0 Å². The van der Waals surface area contributed by atoms with Crippen molar-refractivity contribution in [3.63, 3.8) is 0 Å². The zero-order valence-corrected chi connectivity index (χ0v) is 8.77. The largest absolute Gasteiger partial charge is 0.387 e. The van der Waals surface area contributed by atoms with Gasteiger partial charge in [0.2, 0.25) is 5.91 Å². The average molecular weight is 234 g/mol. The molecule has 0 aliphatic carbocycles.